The van der Waals surface area contributed by atoms with Gasteiger partial charge in [0.2, 0.25) is 0 Å². The number of likely N-dealkylation sites (tertiary alicyclic amines) is 1. The second kappa shape index (κ2) is 11.8. The van der Waals surface area contributed by atoms with Gasteiger partial charge in [-0.3, -0.25) is 9.59 Å². The molecule has 1 aromatic rings. The number of unbranched alkanes of at least 4 members (excludes halogenated alkanes) is 2. The summed E-state index contributed by atoms with van der Waals surface area (Å²) in [6, 6.07) is 3.01. The highest BCUT2D eigenvalue weighted by molar-refractivity contribution is 6.33. The summed E-state index contributed by atoms with van der Waals surface area (Å²) in [4.78, 5) is 25.3. The number of nitrogens with one attached hydrogen (secondary N) is 1. The van der Waals surface area contributed by atoms with Crippen LogP contribution in [0.1, 0.15) is 48.9 Å². The van der Waals surface area contributed by atoms with Crippen molar-refractivity contribution in [2.24, 2.45) is 0 Å². The summed E-state index contributed by atoms with van der Waals surface area (Å²) in [6.45, 7) is 2.99. The van der Waals surface area contributed by atoms with Crippen LogP contribution in [0.15, 0.2) is 12.1 Å². The number of nitrogens with zero attached hydrogens (tertiary/aromatic N) is 1. The topological polar surface area (TPSA) is 114 Å². The molecule has 1 fully saturated rings. The number of hydrogen-bond acceptors (Lipinski definition) is 6. The van der Waals surface area contributed by atoms with Crippen LogP contribution in [0.4, 0.5) is 5.69 Å². The molecule has 0 spiro atoms. The molecule has 0 radical (unpaired) electrons. The number of nitrogens with two attached hydrogens (primary N) is 1. The molecule has 0 saturated carbocycles. The number of aliphatic carboxylic acids is 1. The van der Waals surface area contributed by atoms with Crippen LogP contribution < -0.4 is 15.8 Å². The minimum absolute atomic E-state index is 0.107. The van der Waals surface area contributed by atoms with E-state index in [0.717, 1.165) is 51.7 Å². The fraction of sp³-hybridized carbons (Fsp3) is 0.600. The number of amides is 1. The largest absolute Gasteiger partial charge is 0.496 e. The molecule has 1 aliphatic rings. The van der Waals surface area contributed by atoms with E-state index in [2.05, 4.69) is 10.2 Å². The predicted molar refractivity (Wildman–Crippen MR) is 111 cm³/mol. The van der Waals surface area contributed by atoms with Crippen LogP contribution in [0.5, 0.6) is 5.75 Å². The van der Waals surface area contributed by atoms with Gasteiger partial charge >= 0.3 is 5.97 Å². The maximum Gasteiger partial charge on any atom is 0.303 e. The lowest BCUT2D eigenvalue weighted by Gasteiger charge is -2.31. The lowest BCUT2D eigenvalue weighted by molar-refractivity contribution is -0.137. The Labute approximate surface area is 176 Å². The van der Waals surface area contributed by atoms with Gasteiger partial charge < -0.3 is 30.5 Å². The molecule has 8 nitrogen and oxygen atoms in total. The Kier molecular flexibility index (Phi) is 9.50. The summed E-state index contributed by atoms with van der Waals surface area (Å²) in [7, 11) is 1.47. The van der Waals surface area contributed by atoms with Crippen molar-refractivity contribution in [3.8, 4) is 5.75 Å². The zero-order valence-electron chi connectivity index (χ0n) is 16.8. The second-order valence-corrected chi connectivity index (χ2v) is 7.54. The number of methoxy groups -OCH3 is 1. The number of carboxylic acids is 1. The average Bonchev–Trinajstić information content (AvgIpc) is 2.70. The van der Waals surface area contributed by atoms with E-state index in [-0.39, 0.29) is 25.2 Å². The molecule has 9 heteroatoms. The molecule has 1 amide bonds. The zero-order valence-corrected chi connectivity index (χ0v) is 17.5. The van der Waals surface area contributed by atoms with Crippen LogP contribution in [0.2, 0.25) is 5.02 Å². The molecular weight excluding hydrogens is 398 g/mol. The van der Waals surface area contributed by atoms with Gasteiger partial charge in [-0.05, 0) is 38.3 Å². The molecule has 162 valence electrons. The summed E-state index contributed by atoms with van der Waals surface area (Å²) >= 11 is 6.00. The first-order valence-electron chi connectivity index (χ1n) is 9.87. The Balaban J connectivity index is 1.65. The van der Waals surface area contributed by atoms with Crippen LogP contribution in [-0.4, -0.2) is 61.5 Å². The Hall–Kier alpha value is -2.03. The molecule has 0 aromatic heterocycles. The van der Waals surface area contributed by atoms with Crippen LogP contribution in [0, 0.1) is 0 Å². The van der Waals surface area contributed by atoms with Crippen molar-refractivity contribution >= 4 is 29.2 Å². The highest BCUT2D eigenvalue weighted by Gasteiger charge is 2.20. The van der Waals surface area contributed by atoms with E-state index >= 15 is 0 Å². The number of rotatable bonds is 11. The van der Waals surface area contributed by atoms with Crippen LogP contribution in [0.25, 0.3) is 0 Å². The number of halogens is 1. The molecule has 0 bridgehead atoms. The standard InChI is InChI=1S/C20H30ClN3O5/c1-28-18-12-17(22)16(21)11-15(18)20(27)23-13-29-14-6-9-24(10-7-14)8-4-2-3-5-19(25)26/h11-12,14H,2-10,13,22H2,1H3,(H,23,27)(H,25,26). The van der Waals surface area contributed by atoms with Gasteiger partial charge in [0.1, 0.15) is 12.5 Å². The first-order valence-corrected chi connectivity index (χ1v) is 10.3. The molecule has 0 aliphatic carbocycles. The zero-order chi connectivity index (χ0) is 21.2. The quantitative estimate of drug-likeness (QED) is 0.282. The van der Waals surface area contributed by atoms with E-state index in [4.69, 9.17) is 31.9 Å². The molecule has 1 aromatic carbocycles. The highest BCUT2D eigenvalue weighted by Crippen LogP contribution is 2.28. The number of piperidine rings is 1. The number of carbonyl (C=O) groups excluding carboxylic acids is 1. The number of carboxylic acid groups (broad SMARTS) is 1. The Bertz CT molecular complexity index is 693. The van der Waals surface area contributed by atoms with Crippen LogP contribution in [0.3, 0.4) is 0 Å². The van der Waals surface area contributed by atoms with Gasteiger partial charge in [-0.25, -0.2) is 0 Å². The highest BCUT2D eigenvalue weighted by atomic mass is 35.5. The van der Waals surface area contributed by atoms with Crippen molar-refractivity contribution in [1.82, 2.24) is 10.2 Å². The first-order chi connectivity index (χ1) is 13.9. The third-order valence-electron chi connectivity index (χ3n) is 5.01. The Morgan fingerprint density at radius 2 is 2.00 bits per heavy atom. The van der Waals surface area contributed by atoms with Crippen LogP contribution >= 0.6 is 11.6 Å². The third kappa shape index (κ3) is 7.72. The van der Waals surface area contributed by atoms with E-state index in [1.807, 2.05) is 0 Å². The van der Waals surface area contributed by atoms with Crippen molar-refractivity contribution in [2.75, 3.05) is 39.2 Å². The van der Waals surface area contributed by atoms with Gasteiger partial charge in [0.15, 0.2) is 0 Å². The molecule has 0 unspecified atom stereocenters. The lowest BCUT2D eigenvalue weighted by atomic mass is 10.1. The SMILES string of the molecule is COc1cc(N)c(Cl)cc1C(=O)NCOC1CCN(CCCCCC(=O)O)CC1. The van der Waals surface area contributed by atoms with Crippen molar-refractivity contribution in [2.45, 2.75) is 44.6 Å². The predicted octanol–water partition coefficient (Wildman–Crippen LogP) is 2.74. The number of benzene rings is 1. The third-order valence-corrected chi connectivity index (χ3v) is 5.34. The fourth-order valence-electron chi connectivity index (χ4n) is 3.32. The fourth-order valence-corrected chi connectivity index (χ4v) is 3.49. The molecule has 1 saturated heterocycles. The summed E-state index contributed by atoms with van der Waals surface area (Å²) in [5, 5.41) is 11.7. The summed E-state index contributed by atoms with van der Waals surface area (Å²) < 4.78 is 11.0. The van der Waals surface area contributed by atoms with Crippen molar-refractivity contribution in [3.63, 3.8) is 0 Å². The van der Waals surface area contributed by atoms with Crippen molar-refractivity contribution in [3.05, 3.63) is 22.7 Å². The molecule has 1 aliphatic heterocycles. The number of anilines is 1. The molecule has 29 heavy (non-hydrogen) atoms. The number of hydrogen-bond donors (Lipinski definition) is 3. The van der Waals surface area contributed by atoms with E-state index in [9.17, 15) is 9.59 Å². The Morgan fingerprint density at radius 3 is 2.66 bits per heavy atom. The minimum atomic E-state index is -0.729. The summed E-state index contributed by atoms with van der Waals surface area (Å²) in [6.07, 6.45) is 4.85. The lowest BCUT2D eigenvalue weighted by Crippen LogP contribution is -2.39. The number of nitrogen functional groups attached to an aromatic ring is 1. The van der Waals surface area contributed by atoms with E-state index in [1.54, 1.807) is 0 Å². The maximum atomic E-state index is 12.4. The van der Waals surface area contributed by atoms with Gasteiger partial charge in [-0.2, -0.15) is 0 Å². The first kappa shape index (κ1) is 23.3. The van der Waals surface area contributed by atoms with Gasteiger partial charge in [-0.1, -0.05) is 18.0 Å². The number of ether oxygens (including phenoxy) is 2. The molecule has 1 heterocycles. The maximum absolute atomic E-state index is 12.4. The molecule has 2 rings (SSSR count). The van der Waals surface area contributed by atoms with E-state index < -0.39 is 5.97 Å². The van der Waals surface area contributed by atoms with E-state index in [1.165, 1.54) is 19.2 Å². The smallest absolute Gasteiger partial charge is 0.303 e. The monoisotopic (exact) mass is 427 g/mol. The average molecular weight is 428 g/mol. The number of carbonyl (C=O) groups is 2. The minimum Gasteiger partial charge on any atom is -0.496 e. The van der Waals surface area contributed by atoms with Gasteiger partial charge in [0.25, 0.3) is 5.91 Å². The van der Waals surface area contributed by atoms with Crippen molar-refractivity contribution < 1.29 is 24.2 Å². The Morgan fingerprint density at radius 1 is 1.28 bits per heavy atom. The van der Waals surface area contributed by atoms with E-state index in [0.29, 0.717) is 22.0 Å². The van der Waals surface area contributed by atoms with Crippen LogP contribution in [-0.2, 0) is 9.53 Å². The van der Waals surface area contributed by atoms with Gasteiger partial charge in [0, 0.05) is 25.6 Å². The van der Waals surface area contributed by atoms with Gasteiger partial charge in [-0.15, -0.1) is 0 Å². The molecular formula is C20H30ClN3O5. The normalized spacial score (nSPS) is 15.2. The summed E-state index contributed by atoms with van der Waals surface area (Å²) in [5.74, 6) is -0.698. The van der Waals surface area contributed by atoms with Gasteiger partial charge in [0.05, 0.1) is 29.5 Å². The molecule has 4 N–H and O–H groups in total. The van der Waals surface area contributed by atoms with Crippen molar-refractivity contribution in [1.29, 1.82) is 0 Å². The molecule has 0 atom stereocenters. The summed E-state index contributed by atoms with van der Waals surface area (Å²) in [5.41, 5.74) is 6.40. The second-order valence-electron chi connectivity index (χ2n) is 7.14.